The number of nitrogens with zero attached hydrogens (tertiary/aromatic N) is 1. The number of aromatic carboxylic acids is 1. The average Bonchev–Trinajstić information content (AvgIpc) is 2.72. The molecule has 2 rings (SSSR count). The zero-order chi connectivity index (χ0) is 14.2. The molecule has 1 fully saturated rings. The number of rotatable bonds is 3. The van der Waals surface area contributed by atoms with Gasteiger partial charge < -0.3 is 9.84 Å². The number of hydrogen-bond acceptors (Lipinski definition) is 5. The maximum atomic E-state index is 12.6. The Kier molecular flexibility index (Phi) is 3.95. The van der Waals surface area contributed by atoms with Crippen molar-refractivity contribution in [1.82, 2.24) is 4.31 Å². The number of carbonyl (C=O) groups is 1. The molecule has 0 aromatic carbocycles. The summed E-state index contributed by atoms with van der Waals surface area (Å²) in [5, 5.41) is 10.7. The van der Waals surface area contributed by atoms with Gasteiger partial charge in [0, 0.05) is 12.6 Å². The summed E-state index contributed by atoms with van der Waals surface area (Å²) in [5.74, 6) is -1.21. The van der Waals surface area contributed by atoms with E-state index in [0.29, 0.717) is 18.8 Å². The summed E-state index contributed by atoms with van der Waals surface area (Å²) in [6.45, 7) is 4.26. The van der Waals surface area contributed by atoms with Crippen molar-refractivity contribution in [3.8, 4) is 0 Å². The lowest BCUT2D eigenvalue weighted by atomic mass is 10.3. The molecule has 1 N–H and O–H groups in total. The average molecular weight is 305 g/mol. The number of aryl methyl sites for hydroxylation is 1. The van der Waals surface area contributed by atoms with Crippen LogP contribution < -0.4 is 0 Å². The molecule has 19 heavy (non-hydrogen) atoms. The first kappa shape index (κ1) is 14.4. The van der Waals surface area contributed by atoms with Gasteiger partial charge in [0.1, 0.15) is 9.77 Å². The third-order valence-corrected chi connectivity index (χ3v) is 6.40. The first-order valence-corrected chi connectivity index (χ1v) is 8.08. The minimum absolute atomic E-state index is 0.0845. The van der Waals surface area contributed by atoms with Gasteiger partial charge in [-0.2, -0.15) is 4.31 Å². The van der Waals surface area contributed by atoms with E-state index in [0.717, 1.165) is 11.3 Å². The van der Waals surface area contributed by atoms with E-state index in [1.165, 1.54) is 4.31 Å². The van der Waals surface area contributed by atoms with Crippen LogP contribution in [-0.4, -0.2) is 49.6 Å². The lowest BCUT2D eigenvalue weighted by Crippen LogP contribution is -2.47. The molecule has 106 valence electrons. The van der Waals surface area contributed by atoms with Gasteiger partial charge in [-0.25, -0.2) is 13.2 Å². The van der Waals surface area contributed by atoms with E-state index in [4.69, 9.17) is 9.84 Å². The van der Waals surface area contributed by atoms with Gasteiger partial charge in [0.05, 0.1) is 13.2 Å². The molecule has 1 aromatic heterocycles. The molecule has 0 bridgehead atoms. The lowest BCUT2D eigenvalue weighted by Gasteiger charge is -2.32. The Balaban J connectivity index is 2.50. The first-order chi connectivity index (χ1) is 8.85. The number of hydrogen-bond donors (Lipinski definition) is 1. The van der Waals surface area contributed by atoms with Crippen LogP contribution in [0.2, 0.25) is 0 Å². The number of sulfonamides is 1. The van der Waals surface area contributed by atoms with Gasteiger partial charge in [-0.1, -0.05) is 0 Å². The molecule has 0 aliphatic carbocycles. The minimum atomic E-state index is -3.79. The van der Waals surface area contributed by atoms with E-state index in [9.17, 15) is 13.2 Å². The number of carboxylic acids is 1. The van der Waals surface area contributed by atoms with Crippen molar-refractivity contribution in [2.45, 2.75) is 24.8 Å². The van der Waals surface area contributed by atoms with Crippen molar-refractivity contribution >= 4 is 27.3 Å². The molecule has 0 amide bonds. The van der Waals surface area contributed by atoms with Crippen molar-refractivity contribution in [2.24, 2.45) is 0 Å². The fraction of sp³-hybridized carbons (Fsp3) is 0.545. The molecule has 0 radical (unpaired) electrons. The third kappa shape index (κ3) is 2.53. The van der Waals surface area contributed by atoms with Gasteiger partial charge >= 0.3 is 5.97 Å². The van der Waals surface area contributed by atoms with Crippen molar-refractivity contribution in [3.63, 3.8) is 0 Å². The topological polar surface area (TPSA) is 83.9 Å². The normalized spacial score (nSPS) is 21.5. The SMILES string of the molecule is Cc1csc(C(=O)O)c1S(=O)(=O)N1CCOCC1C. The summed E-state index contributed by atoms with van der Waals surface area (Å²) >= 11 is 0.940. The number of carboxylic acid groups (broad SMARTS) is 1. The van der Waals surface area contributed by atoms with E-state index in [2.05, 4.69) is 0 Å². The maximum absolute atomic E-state index is 12.6. The molecule has 1 unspecified atom stereocenters. The van der Waals surface area contributed by atoms with Crippen LogP contribution in [0.25, 0.3) is 0 Å². The van der Waals surface area contributed by atoms with E-state index in [-0.39, 0.29) is 22.4 Å². The Morgan fingerprint density at radius 2 is 2.26 bits per heavy atom. The maximum Gasteiger partial charge on any atom is 0.347 e. The molecule has 1 aliphatic rings. The smallest absolute Gasteiger partial charge is 0.347 e. The highest BCUT2D eigenvalue weighted by atomic mass is 32.2. The van der Waals surface area contributed by atoms with E-state index < -0.39 is 16.0 Å². The van der Waals surface area contributed by atoms with Gasteiger partial charge in [0.25, 0.3) is 0 Å². The number of thiophene rings is 1. The quantitative estimate of drug-likeness (QED) is 0.906. The number of ether oxygens (including phenoxy) is 1. The highest BCUT2D eigenvalue weighted by Crippen LogP contribution is 2.31. The molecule has 1 aliphatic heterocycles. The molecule has 1 saturated heterocycles. The summed E-state index contributed by atoms with van der Waals surface area (Å²) in [4.78, 5) is 10.9. The molecule has 0 saturated carbocycles. The lowest BCUT2D eigenvalue weighted by molar-refractivity contribution is 0.0392. The summed E-state index contributed by atoms with van der Waals surface area (Å²) in [7, 11) is -3.79. The summed E-state index contributed by atoms with van der Waals surface area (Å²) in [5.41, 5.74) is 0.473. The fourth-order valence-electron chi connectivity index (χ4n) is 2.09. The summed E-state index contributed by atoms with van der Waals surface area (Å²) in [6, 6.07) is -0.292. The third-order valence-electron chi connectivity index (χ3n) is 2.99. The summed E-state index contributed by atoms with van der Waals surface area (Å²) < 4.78 is 31.8. The van der Waals surface area contributed by atoms with Crippen molar-refractivity contribution in [2.75, 3.05) is 19.8 Å². The second-order valence-corrected chi connectivity index (χ2v) is 7.13. The minimum Gasteiger partial charge on any atom is -0.477 e. The first-order valence-electron chi connectivity index (χ1n) is 5.76. The van der Waals surface area contributed by atoms with Crippen LogP contribution in [0.4, 0.5) is 0 Å². The van der Waals surface area contributed by atoms with Crippen LogP contribution in [-0.2, 0) is 14.8 Å². The second kappa shape index (κ2) is 5.20. The van der Waals surface area contributed by atoms with Crippen molar-refractivity contribution in [1.29, 1.82) is 0 Å². The van der Waals surface area contributed by atoms with Crippen LogP contribution in [0, 0.1) is 6.92 Å². The van der Waals surface area contributed by atoms with E-state index >= 15 is 0 Å². The van der Waals surface area contributed by atoms with E-state index in [1.54, 1.807) is 19.2 Å². The largest absolute Gasteiger partial charge is 0.477 e. The molecular formula is C11H15NO5S2. The number of morpholine rings is 1. The molecule has 6 nitrogen and oxygen atoms in total. The second-order valence-electron chi connectivity index (χ2n) is 4.42. The van der Waals surface area contributed by atoms with Gasteiger partial charge in [-0.15, -0.1) is 11.3 Å². The standard InChI is InChI=1S/C11H15NO5S2/c1-7-6-18-9(11(13)14)10(7)19(15,16)12-3-4-17-5-8(12)2/h6,8H,3-5H2,1-2H3,(H,13,14). The monoisotopic (exact) mass is 305 g/mol. The highest BCUT2D eigenvalue weighted by molar-refractivity contribution is 7.89. The van der Waals surface area contributed by atoms with Gasteiger partial charge in [0.2, 0.25) is 10.0 Å². The Morgan fingerprint density at radius 3 is 2.84 bits per heavy atom. The molecule has 1 atom stereocenters. The molecule has 0 spiro atoms. The summed E-state index contributed by atoms with van der Waals surface area (Å²) in [6.07, 6.45) is 0. The Labute approximate surface area is 115 Å². The van der Waals surface area contributed by atoms with Crippen LogP contribution in [0.1, 0.15) is 22.2 Å². The molecule has 1 aromatic rings. The fourth-order valence-corrected chi connectivity index (χ4v) is 5.28. The van der Waals surface area contributed by atoms with Gasteiger partial charge in [-0.05, 0) is 24.8 Å². The zero-order valence-electron chi connectivity index (χ0n) is 10.6. The Hall–Kier alpha value is -0.960. The zero-order valence-corrected chi connectivity index (χ0v) is 12.3. The molecule has 2 heterocycles. The van der Waals surface area contributed by atoms with Gasteiger partial charge in [-0.3, -0.25) is 0 Å². The Bertz CT molecular complexity index is 592. The van der Waals surface area contributed by atoms with Gasteiger partial charge in [0.15, 0.2) is 0 Å². The van der Waals surface area contributed by atoms with Crippen molar-refractivity contribution < 1.29 is 23.1 Å². The molecular weight excluding hydrogens is 290 g/mol. The van der Waals surface area contributed by atoms with Crippen LogP contribution in [0.3, 0.4) is 0 Å². The van der Waals surface area contributed by atoms with Crippen LogP contribution >= 0.6 is 11.3 Å². The Morgan fingerprint density at radius 1 is 1.58 bits per heavy atom. The predicted octanol–water partition coefficient (Wildman–Crippen LogP) is 1.16. The van der Waals surface area contributed by atoms with Crippen LogP contribution in [0.5, 0.6) is 0 Å². The van der Waals surface area contributed by atoms with Crippen LogP contribution in [0.15, 0.2) is 10.3 Å². The predicted molar refractivity (Wildman–Crippen MR) is 70.2 cm³/mol. The molecule has 8 heteroatoms. The van der Waals surface area contributed by atoms with Crippen molar-refractivity contribution in [3.05, 3.63) is 15.8 Å². The van der Waals surface area contributed by atoms with E-state index in [1.807, 2.05) is 0 Å². The highest BCUT2D eigenvalue weighted by Gasteiger charge is 2.36.